The van der Waals surface area contributed by atoms with E-state index in [4.69, 9.17) is 5.73 Å². The second-order valence-electron chi connectivity index (χ2n) is 7.99. The van der Waals surface area contributed by atoms with Gasteiger partial charge in [-0.1, -0.05) is 12.1 Å². The van der Waals surface area contributed by atoms with Crippen molar-refractivity contribution in [1.29, 1.82) is 0 Å². The number of hydrogen-bond acceptors (Lipinski definition) is 6. The molecule has 2 heterocycles. The molecule has 1 aromatic heterocycles. The van der Waals surface area contributed by atoms with Crippen molar-refractivity contribution in [3.63, 3.8) is 0 Å². The number of nitrogens with one attached hydrogen (secondary N) is 1. The summed E-state index contributed by atoms with van der Waals surface area (Å²) in [5.74, 6) is -0.454. The van der Waals surface area contributed by atoms with E-state index in [1.54, 1.807) is 37.2 Å². The molecule has 32 heavy (non-hydrogen) atoms. The van der Waals surface area contributed by atoms with E-state index in [2.05, 4.69) is 10.3 Å². The van der Waals surface area contributed by atoms with Crippen LogP contribution in [0, 0.1) is 15.9 Å². The number of nitro benzene ring substituents is 1. The minimum Gasteiger partial charge on any atom is -0.383 e. The number of hydrogen-bond donors (Lipinski definition) is 2. The standard InChI is InChI=1S/C23H22FN5O3/c1-28(2)12-16-9-20(24)18(10-21(16)29(31)32)15-8-19(22(25)27-11-15)13-3-4-17-14(7-13)5-6-26-23(17)30/h3-4,7-11H,5-6,12H2,1-2H3,(H2,25,27)(H,26,30). The number of rotatable bonds is 5. The van der Waals surface area contributed by atoms with Gasteiger partial charge in [-0.3, -0.25) is 14.9 Å². The van der Waals surface area contributed by atoms with E-state index in [0.29, 0.717) is 29.7 Å². The van der Waals surface area contributed by atoms with Gasteiger partial charge in [-0.25, -0.2) is 9.37 Å². The molecule has 8 nitrogen and oxygen atoms in total. The Morgan fingerprint density at radius 2 is 1.94 bits per heavy atom. The average molecular weight is 435 g/mol. The smallest absolute Gasteiger partial charge is 0.274 e. The van der Waals surface area contributed by atoms with Crippen molar-refractivity contribution in [3.8, 4) is 22.3 Å². The highest BCUT2D eigenvalue weighted by atomic mass is 19.1. The number of halogens is 1. The fourth-order valence-corrected chi connectivity index (χ4v) is 3.91. The number of carbonyl (C=O) groups is 1. The first kappa shape index (κ1) is 21.4. The molecule has 0 bridgehead atoms. The highest BCUT2D eigenvalue weighted by molar-refractivity contribution is 5.97. The SMILES string of the molecule is CN(C)Cc1cc(F)c(-c2cnc(N)c(-c3ccc4c(c3)CCNC4=O)c2)cc1[N+](=O)[O-]. The van der Waals surface area contributed by atoms with Crippen LogP contribution in [0.25, 0.3) is 22.3 Å². The molecule has 1 amide bonds. The summed E-state index contributed by atoms with van der Waals surface area (Å²) in [6.07, 6.45) is 2.09. The fourth-order valence-electron chi connectivity index (χ4n) is 3.91. The monoisotopic (exact) mass is 435 g/mol. The van der Waals surface area contributed by atoms with Crippen LogP contribution in [-0.2, 0) is 13.0 Å². The van der Waals surface area contributed by atoms with Crippen LogP contribution in [0.2, 0.25) is 0 Å². The summed E-state index contributed by atoms with van der Waals surface area (Å²) >= 11 is 0. The van der Waals surface area contributed by atoms with Crippen molar-refractivity contribution < 1.29 is 14.1 Å². The van der Waals surface area contributed by atoms with Crippen LogP contribution in [-0.4, -0.2) is 41.4 Å². The highest BCUT2D eigenvalue weighted by Crippen LogP contribution is 2.35. The van der Waals surface area contributed by atoms with Crippen LogP contribution in [0.1, 0.15) is 21.5 Å². The van der Waals surface area contributed by atoms with Gasteiger partial charge in [-0.2, -0.15) is 0 Å². The molecular formula is C23H22FN5O3. The first-order chi connectivity index (χ1) is 15.2. The Morgan fingerprint density at radius 1 is 1.16 bits per heavy atom. The number of nitro groups is 1. The number of anilines is 1. The molecule has 1 aliphatic rings. The Kier molecular flexibility index (Phi) is 5.58. The summed E-state index contributed by atoms with van der Waals surface area (Å²) < 4.78 is 15.0. The minimum absolute atomic E-state index is 0.0743. The molecule has 2 aromatic carbocycles. The highest BCUT2D eigenvalue weighted by Gasteiger charge is 2.21. The third kappa shape index (κ3) is 4.02. The summed E-state index contributed by atoms with van der Waals surface area (Å²) in [6.45, 7) is 0.790. The molecule has 4 rings (SSSR count). The summed E-state index contributed by atoms with van der Waals surface area (Å²) in [6, 6.07) is 9.47. The lowest BCUT2D eigenvalue weighted by molar-refractivity contribution is -0.385. The maximum absolute atomic E-state index is 15.0. The van der Waals surface area contributed by atoms with Gasteiger partial charge in [0.05, 0.1) is 4.92 Å². The number of carbonyl (C=O) groups excluding carboxylic acids is 1. The molecular weight excluding hydrogens is 413 g/mol. The zero-order chi connectivity index (χ0) is 23.0. The van der Waals surface area contributed by atoms with E-state index >= 15 is 0 Å². The number of nitrogens with two attached hydrogens (primary N) is 1. The lowest BCUT2D eigenvalue weighted by Crippen LogP contribution is -2.31. The summed E-state index contributed by atoms with van der Waals surface area (Å²) in [4.78, 5) is 29.0. The van der Waals surface area contributed by atoms with E-state index in [-0.39, 0.29) is 35.1 Å². The largest absolute Gasteiger partial charge is 0.383 e. The summed E-state index contributed by atoms with van der Waals surface area (Å²) in [5, 5.41) is 14.4. The van der Waals surface area contributed by atoms with Gasteiger partial charge >= 0.3 is 0 Å². The van der Waals surface area contributed by atoms with Gasteiger partial charge in [0.1, 0.15) is 11.6 Å². The van der Waals surface area contributed by atoms with Gasteiger partial charge < -0.3 is 16.0 Å². The second-order valence-corrected chi connectivity index (χ2v) is 7.99. The molecule has 3 aromatic rings. The van der Waals surface area contributed by atoms with Gasteiger partial charge in [0, 0.05) is 53.2 Å². The molecule has 0 saturated carbocycles. The molecule has 1 aliphatic heterocycles. The van der Waals surface area contributed by atoms with E-state index in [0.717, 1.165) is 11.1 Å². The van der Waals surface area contributed by atoms with Gasteiger partial charge in [-0.15, -0.1) is 0 Å². The maximum Gasteiger partial charge on any atom is 0.274 e. The lowest BCUT2D eigenvalue weighted by atomic mass is 9.93. The van der Waals surface area contributed by atoms with E-state index < -0.39 is 10.7 Å². The lowest BCUT2D eigenvalue weighted by Gasteiger charge is -2.18. The molecule has 3 N–H and O–H groups in total. The predicted molar refractivity (Wildman–Crippen MR) is 120 cm³/mol. The van der Waals surface area contributed by atoms with Gasteiger partial charge in [0.2, 0.25) is 0 Å². The van der Waals surface area contributed by atoms with Crippen LogP contribution in [0.4, 0.5) is 15.9 Å². The van der Waals surface area contributed by atoms with E-state index in [1.165, 1.54) is 18.3 Å². The Balaban J connectivity index is 1.81. The normalized spacial score (nSPS) is 13.1. The third-order valence-corrected chi connectivity index (χ3v) is 5.42. The van der Waals surface area contributed by atoms with Crippen LogP contribution in [0.5, 0.6) is 0 Å². The van der Waals surface area contributed by atoms with E-state index in [9.17, 15) is 19.3 Å². The van der Waals surface area contributed by atoms with Crippen LogP contribution in [0.15, 0.2) is 42.6 Å². The average Bonchev–Trinajstić information content (AvgIpc) is 2.74. The number of aromatic nitrogens is 1. The van der Waals surface area contributed by atoms with E-state index in [1.807, 2.05) is 6.07 Å². The number of nitrogens with zero attached hydrogens (tertiary/aromatic N) is 3. The summed E-state index contributed by atoms with van der Waals surface area (Å²) in [5.41, 5.74) is 9.49. The quantitative estimate of drug-likeness (QED) is 0.469. The van der Waals surface area contributed by atoms with Crippen molar-refractivity contribution in [3.05, 3.63) is 75.2 Å². The van der Waals surface area contributed by atoms with Crippen LogP contribution in [0.3, 0.4) is 0 Å². The fraction of sp³-hybridized carbons (Fsp3) is 0.217. The molecule has 0 fully saturated rings. The van der Waals surface area contributed by atoms with Gasteiger partial charge in [0.25, 0.3) is 11.6 Å². The molecule has 0 saturated heterocycles. The molecule has 164 valence electrons. The van der Waals surface area contributed by atoms with Crippen molar-refractivity contribution in [1.82, 2.24) is 15.2 Å². The molecule has 9 heteroatoms. The Labute approximate surface area is 184 Å². The zero-order valence-corrected chi connectivity index (χ0v) is 17.7. The summed E-state index contributed by atoms with van der Waals surface area (Å²) in [7, 11) is 3.52. The topological polar surface area (TPSA) is 114 Å². The molecule has 0 atom stereocenters. The van der Waals surface area contributed by atoms with Crippen molar-refractivity contribution in [2.75, 3.05) is 26.4 Å². The predicted octanol–water partition coefficient (Wildman–Crippen LogP) is 3.39. The van der Waals surface area contributed by atoms with Crippen molar-refractivity contribution in [2.45, 2.75) is 13.0 Å². The Bertz CT molecular complexity index is 1240. The zero-order valence-electron chi connectivity index (χ0n) is 17.7. The first-order valence-corrected chi connectivity index (χ1v) is 10.0. The van der Waals surface area contributed by atoms with Crippen LogP contribution >= 0.6 is 0 Å². The number of pyridine rings is 1. The van der Waals surface area contributed by atoms with Crippen molar-refractivity contribution in [2.24, 2.45) is 0 Å². The molecule has 0 radical (unpaired) electrons. The van der Waals surface area contributed by atoms with Gasteiger partial charge in [0.15, 0.2) is 0 Å². The molecule has 0 spiro atoms. The Hall–Kier alpha value is -3.85. The van der Waals surface area contributed by atoms with Gasteiger partial charge in [-0.05, 0) is 49.8 Å². The molecule has 0 unspecified atom stereocenters. The Morgan fingerprint density at radius 3 is 2.66 bits per heavy atom. The maximum atomic E-state index is 15.0. The number of amides is 1. The number of benzene rings is 2. The van der Waals surface area contributed by atoms with Crippen LogP contribution < -0.4 is 11.1 Å². The second kappa shape index (κ2) is 8.35. The minimum atomic E-state index is -0.577. The number of nitrogen functional groups attached to an aromatic ring is 1. The first-order valence-electron chi connectivity index (χ1n) is 10.0. The van der Waals surface area contributed by atoms with Crippen molar-refractivity contribution >= 4 is 17.4 Å². The molecule has 0 aliphatic carbocycles. The number of fused-ring (bicyclic) bond motifs is 1. The third-order valence-electron chi connectivity index (χ3n) is 5.42.